The van der Waals surface area contributed by atoms with Gasteiger partial charge in [-0.25, -0.2) is 0 Å². The fourth-order valence-corrected chi connectivity index (χ4v) is 3.32. The minimum Gasteiger partial charge on any atom is -0.490 e. The summed E-state index contributed by atoms with van der Waals surface area (Å²) in [5.41, 5.74) is 2.42. The van der Waals surface area contributed by atoms with Crippen molar-refractivity contribution in [2.45, 2.75) is 13.8 Å². The first-order chi connectivity index (χ1) is 13.9. The highest BCUT2D eigenvalue weighted by atomic mass is 32.2. The Hall–Kier alpha value is -3.26. The van der Waals surface area contributed by atoms with Crippen molar-refractivity contribution in [1.29, 1.82) is 0 Å². The van der Waals surface area contributed by atoms with Gasteiger partial charge in [-0.05, 0) is 67.1 Å². The number of ether oxygens (including phenoxy) is 2. The molecule has 1 aliphatic rings. The fraction of sp³-hybridized carbons (Fsp3) is 0.190. The van der Waals surface area contributed by atoms with Crippen LogP contribution in [0.5, 0.6) is 11.5 Å². The number of anilines is 1. The third-order valence-corrected chi connectivity index (χ3v) is 4.68. The van der Waals surface area contributed by atoms with Crippen molar-refractivity contribution in [3.63, 3.8) is 0 Å². The maximum Gasteiger partial charge on any atom is 0.290 e. The average Bonchev–Trinajstić information content (AvgIpc) is 2.98. The van der Waals surface area contributed by atoms with Crippen molar-refractivity contribution in [2.75, 3.05) is 18.5 Å². The maximum atomic E-state index is 12.2. The molecule has 0 spiro atoms. The summed E-state index contributed by atoms with van der Waals surface area (Å²) in [6.45, 7) is 4.00. The molecule has 1 fully saturated rings. The van der Waals surface area contributed by atoms with Crippen LogP contribution in [0.15, 0.2) is 47.4 Å². The van der Waals surface area contributed by atoms with Gasteiger partial charge in [-0.2, -0.15) is 0 Å². The van der Waals surface area contributed by atoms with E-state index in [1.807, 2.05) is 32.0 Å². The largest absolute Gasteiger partial charge is 0.490 e. The first-order valence-corrected chi connectivity index (χ1v) is 9.77. The Kier molecular flexibility index (Phi) is 6.56. The van der Waals surface area contributed by atoms with Crippen LogP contribution in [0.2, 0.25) is 0 Å². The number of amides is 3. The topological polar surface area (TPSA) is 93.7 Å². The highest BCUT2D eigenvalue weighted by Gasteiger charge is 2.25. The van der Waals surface area contributed by atoms with E-state index < -0.39 is 11.1 Å². The monoisotopic (exact) mass is 412 g/mol. The van der Waals surface area contributed by atoms with E-state index in [1.54, 1.807) is 30.3 Å². The van der Waals surface area contributed by atoms with Crippen LogP contribution >= 0.6 is 11.8 Å². The first-order valence-electron chi connectivity index (χ1n) is 8.95. The summed E-state index contributed by atoms with van der Waals surface area (Å²) < 4.78 is 11.2. The second-order valence-electron chi connectivity index (χ2n) is 6.20. The van der Waals surface area contributed by atoms with E-state index in [0.717, 1.165) is 17.3 Å². The molecule has 2 aromatic carbocycles. The number of thioether (sulfide) groups is 1. The van der Waals surface area contributed by atoms with E-state index in [1.165, 1.54) is 0 Å². The molecule has 1 heterocycles. The van der Waals surface area contributed by atoms with Crippen LogP contribution in [0.4, 0.5) is 10.5 Å². The Bertz CT molecular complexity index is 987. The average molecular weight is 412 g/mol. The third-order valence-electron chi connectivity index (χ3n) is 3.87. The molecular formula is C21H20N2O5S. The summed E-state index contributed by atoms with van der Waals surface area (Å²) in [5.74, 6) is 0.140. The van der Waals surface area contributed by atoms with Crippen molar-refractivity contribution >= 4 is 40.6 Å². The van der Waals surface area contributed by atoms with Crippen molar-refractivity contribution in [2.24, 2.45) is 0 Å². The van der Waals surface area contributed by atoms with Crippen LogP contribution in [0.25, 0.3) is 6.08 Å². The van der Waals surface area contributed by atoms with Crippen LogP contribution in [0, 0.1) is 6.92 Å². The summed E-state index contributed by atoms with van der Waals surface area (Å²) in [5, 5.41) is 4.59. The smallest absolute Gasteiger partial charge is 0.290 e. The Morgan fingerprint density at radius 2 is 1.97 bits per heavy atom. The number of benzene rings is 2. The number of imide groups is 1. The molecule has 1 saturated heterocycles. The summed E-state index contributed by atoms with van der Waals surface area (Å²) in [6, 6.07) is 12.6. The minimum absolute atomic E-state index is 0.179. The zero-order valence-electron chi connectivity index (χ0n) is 16.0. The summed E-state index contributed by atoms with van der Waals surface area (Å²) >= 11 is 0.844. The zero-order valence-corrected chi connectivity index (χ0v) is 16.8. The Morgan fingerprint density at radius 1 is 1.14 bits per heavy atom. The second kappa shape index (κ2) is 9.29. The molecule has 2 aromatic rings. The summed E-state index contributed by atoms with van der Waals surface area (Å²) in [7, 11) is 0. The van der Waals surface area contributed by atoms with E-state index in [2.05, 4.69) is 10.6 Å². The predicted molar refractivity (Wildman–Crippen MR) is 112 cm³/mol. The molecule has 2 N–H and O–H groups in total. The van der Waals surface area contributed by atoms with E-state index in [-0.39, 0.29) is 12.5 Å². The van der Waals surface area contributed by atoms with Crippen molar-refractivity contribution < 1.29 is 23.9 Å². The Morgan fingerprint density at radius 3 is 2.66 bits per heavy atom. The fourth-order valence-electron chi connectivity index (χ4n) is 2.64. The number of aryl methyl sites for hydroxylation is 1. The summed E-state index contributed by atoms with van der Waals surface area (Å²) in [6.07, 6.45) is 1.60. The van der Waals surface area contributed by atoms with Crippen molar-refractivity contribution in [3.05, 3.63) is 58.5 Å². The predicted octanol–water partition coefficient (Wildman–Crippen LogP) is 3.74. The van der Waals surface area contributed by atoms with Gasteiger partial charge in [-0.15, -0.1) is 0 Å². The Labute approximate surface area is 172 Å². The number of nitrogens with one attached hydrogen (secondary N) is 2. The number of hydrogen-bond acceptors (Lipinski definition) is 6. The molecular weight excluding hydrogens is 392 g/mol. The molecule has 150 valence electrons. The van der Waals surface area contributed by atoms with Crippen LogP contribution in [-0.4, -0.2) is 30.3 Å². The van der Waals surface area contributed by atoms with Gasteiger partial charge in [0.25, 0.3) is 17.1 Å². The molecule has 0 aromatic heterocycles. The van der Waals surface area contributed by atoms with E-state index in [4.69, 9.17) is 9.47 Å². The molecule has 3 amide bonds. The Balaban J connectivity index is 1.68. The lowest BCUT2D eigenvalue weighted by molar-refractivity contribution is -0.118. The molecule has 8 heteroatoms. The number of rotatable bonds is 7. The molecule has 0 unspecified atom stereocenters. The van der Waals surface area contributed by atoms with Crippen molar-refractivity contribution in [1.82, 2.24) is 5.32 Å². The number of carbonyl (C=O) groups is 3. The van der Waals surface area contributed by atoms with Gasteiger partial charge in [0.2, 0.25) is 0 Å². The van der Waals surface area contributed by atoms with Gasteiger partial charge in [-0.1, -0.05) is 18.2 Å². The third kappa shape index (κ3) is 5.61. The molecule has 0 aliphatic carbocycles. The lowest BCUT2D eigenvalue weighted by Gasteiger charge is -2.13. The highest BCUT2D eigenvalue weighted by molar-refractivity contribution is 8.18. The summed E-state index contributed by atoms with van der Waals surface area (Å²) in [4.78, 5) is 35.5. The standard InChI is InChI=1S/C21H20N2O5S/c1-3-27-17-10-14(11-18-20(25)23-21(26)29-18)7-8-16(17)28-12-19(24)22-15-6-4-5-13(2)9-15/h4-11H,3,12H2,1-2H3,(H,22,24)(H,23,25,26)/b18-11-. The minimum atomic E-state index is -0.425. The molecule has 0 saturated carbocycles. The molecule has 0 bridgehead atoms. The first kappa shape index (κ1) is 20.5. The van der Waals surface area contributed by atoms with Gasteiger partial charge in [0.1, 0.15) is 0 Å². The second-order valence-corrected chi connectivity index (χ2v) is 7.21. The van der Waals surface area contributed by atoms with E-state index >= 15 is 0 Å². The highest BCUT2D eigenvalue weighted by Crippen LogP contribution is 2.31. The molecule has 1 aliphatic heterocycles. The SMILES string of the molecule is CCOc1cc(/C=C2\SC(=O)NC2=O)ccc1OCC(=O)Nc1cccc(C)c1. The van der Waals surface area contributed by atoms with Gasteiger partial charge in [0.05, 0.1) is 11.5 Å². The number of carbonyl (C=O) groups excluding carboxylic acids is 3. The van der Waals surface area contributed by atoms with Gasteiger partial charge in [-0.3, -0.25) is 19.7 Å². The normalized spacial score (nSPS) is 14.6. The number of hydrogen-bond donors (Lipinski definition) is 2. The van der Waals surface area contributed by atoms with Crippen LogP contribution in [0.1, 0.15) is 18.1 Å². The molecule has 7 nitrogen and oxygen atoms in total. The van der Waals surface area contributed by atoms with Crippen LogP contribution < -0.4 is 20.1 Å². The van der Waals surface area contributed by atoms with Crippen LogP contribution in [0.3, 0.4) is 0 Å². The van der Waals surface area contributed by atoms with Crippen LogP contribution in [-0.2, 0) is 9.59 Å². The van der Waals surface area contributed by atoms with Gasteiger partial charge >= 0.3 is 0 Å². The molecule has 3 rings (SSSR count). The van der Waals surface area contributed by atoms with Crippen molar-refractivity contribution in [3.8, 4) is 11.5 Å². The van der Waals surface area contributed by atoms with Gasteiger partial charge in [0.15, 0.2) is 18.1 Å². The van der Waals surface area contributed by atoms with Gasteiger partial charge in [0, 0.05) is 5.69 Å². The van der Waals surface area contributed by atoms with E-state index in [9.17, 15) is 14.4 Å². The lowest BCUT2D eigenvalue weighted by atomic mass is 10.2. The molecule has 0 radical (unpaired) electrons. The lowest BCUT2D eigenvalue weighted by Crippen LogP contribution is -2.20. The van der Waals surface area contributed by atoms with E-state index in [0.29, 0.717) is 34.3 Å². The molecule has 29 heavy (non-hydrogen) atoms. The molecule has 0 atom stereocenters. The maximum absolute atomic E-state index is 12.2. The van der Waals surface area contributed by atoms with Gasteiger partial charge < -0.3 is 14.8 Å². The quantitative estimate of drug-likeness (QED) is 0.673. The zero-order chi connectivity index (χ0) is 20.8.